The fourth-order valence-electron chi connectivity index (χ4n) is 3.92. The summed E-state index contributed by atoms with van der Waals surface area (Å²) in [7, 11) is 1.91. The number of piperidine rings is 1. The molecule has 3 rings (SSSR count). The van der Waals surface area contributed by atoms with Gasteiger partial charge in [0, 0.05) is 31.1 Å². The molecular weight excluding hydrogens is 360 g/mol. The molecular formula is C21H30N2O3S. The Balaban J connectivity index is 1.60. The first-order valence-corrected chi connectivity index (χ1v) is 11.0. The molecule has 1 aromatic rings. The average Bonchev–Trinajstić information content (AvgIpc) is 2.72. The van der Waals surface area contributed by atoms with E-state index in [2.05, 4.69) is 0 Å². The van der Waals surface area contributed by atoms with Crippen LogP contribution < -0.4 is 0 Å². The highest BCUT2D eigenvalue weighted by Crippen LogP contribution is 2.27. The van der Waals surface area contributed by atoms with E-state index in [4.69, 9.17) is 0 Å². The number of carbonyl (C=O) groups excluding carboxylic acids is 2. The zero-order chi connectivity index (χ0) is 19.2. The Morgan fingerprint density at radius 3 is 2.48 bits per heavy atom. The highest BCUT2D eigenvalue weighted by Gasteiger charge is 2.25. The molecule has 0 spiro atoms. The topological polar surface area (TPSA) is 60.9 Å². The summed E-state index contributed by atoms with van der Waals surface area (Å²) in [4.78, 5) is 30.1. The van der Waals surface area contributed by atoms with Crippen LogP contribution in [0.4, 0.5) is 0 Å². The number of benzene rings is 1. The lowest BCUT2D eigenvalue weighted by Crippen LogP contribution is -2.40. The molecule has 2 fully saturated rings. The minimum Gasteiger partial charge on any atom is -0.393 e. The zero-order valence-electron chi connectivity index (χ0n) is 16.1. The van der Waals surface area contributed by atoms with Crippen molar-refractivity contribution in [2.45, 2.75) is 62.0 Å². The summed E-state index contributed by atoms with van der Waals surface area (Å²) >= 11 is 1.45. The fourth-order valence-corrected chi connectivity index (χ4v) is 4.89. The van der Waals surface area contributed by atoms with E-state index < -0.39 is 0 Å². The van der Waals surface area contributed by atoms with E-state index in [0.717, 1.165) is 17.7 Å². The van der Waals surface area contributed by atoms with Gasteiger partial charge in [0.05, 0.1) is 17.4 Å². The van der Waals surface area contributed by atoms with Gasteiger partial charge in [-0.15, -0.1) is 11.8 Å². The van der Waals surface area contributed by atoms with Crippen LogP contribution in [0.15, 0.2) is 29.2 Å². The van der Waals surface area contributed by atoms with E-state index in [-0.39, 0.29) is 17.9 Å². The highest BCUT2D eigenvalue weighted by atomic mass is 32.2. The van der Waals surface area contributed by atoms with Crippen molar-refractivity contribution in [3.05, 3.63) is 29.8 Å². The van der Waals surface area contributed by atoms with Crippen molar-refractivity contribution in [1.29, 1.82) is 0 Å². The van der Waals surface area contributed by atoms with Gasteiger partial charge in [0.25, 0.3) is 5.91 Å². The van der Waals surface area contributed by atoms with Crippen LogP contribution in [0.5, 0.6) is 0 Å². The van der Waals surface area contributed by atoms with Gasteiger partial charge in [0.2, 0.25) is 5.91 Å². The number of amides is 2. The monoisotopic (exact) mass is 390 g/mol. The second kappa shape index (κ2) is 9.60. The molecule has 1 saturated heterocycles. The molecule has 1 aliphatic heterocycles. The Bertz CT molecular complexity index is 653. The lowest BCUT2D eigenvalue weighted by atomic mass is 9.94. The molecule has 0 unspecified atom stereocenters. The third kappa shape index (κ3) is 5.26. The molecule has 1 saturated carbocycles. The molecule has 0 radical (unpaired) electrons. The second-order valence-corrected chi connectivity index (χ2v) is 8.62. The first-order chi connectivity index (χ1) is 13.1. The summed E-state index contributed by atoms with van der Waals surface area (Å²) in [6.45, 7) is 1.17. The molecule has 1 heterocycles. The van der Waals surface area contributed by atoms with E-state index in [9.17, 15) is 14.7 Å². The van der Waals surface area contributed by atoms with Crippen molar-refractivity contribution in [1.82, 2.24) is 9.80 Å². The number of aliphatic hydroxyl groups excluding tert-OH is 1. The lowest BCUT2D eigenvalue weighted by molar-refractivity contribution is -0.129. The lowest BCUT2D eigenvalue weighted by Gasteiger charge is -2.31. The molecule has 2 aliphatic rings. The third-order valence-corrected chi connectivity index (χ3v) is 6.79. The normalized spacial score (nSPS) is 19.1. The van der Waals surface area contributed by atoms with Gasteiger partial charge >= 0.3 is 0 Å². The predicted octanol–water partition coefficient (Wildman–Crippen LogP) is 3.17. The minimum absolute atomic E-state index is 0.00177. The molecule has 1 aliphatic carbocycles. The number of nitrogens with zero attached hydrogens (tertiary/aromatic N) is 2. The molecule has 27 heavy (non-hydrogen) atoms. The van der Waals surface area contributed by atoms with E-state index in [0.29, 0.717) is 43.3 Å². The van der Waals surface area contributed by atoms with Gasteiger partial charge in [0.1, 0.15) is 0 Å². The third-order valence-electron chi connectivity index (χ3n) is 5.74. The minimum atomic E-state index is -0.299. The largest absolute Gasteiger partial charge is 0.393 e. The van der Waals surface area contributed by atoms with Crippen molar-refractivity contribution in [2.75, 3.05) is 25.9 Å². The maximum absolute atomic E-state index is 12.9. The Kier molecular flexibility index (Phi) is 7.19. The van der Waals surface area contributed by atoms with Gasteiger partial charge in [-0.25, -0.2) is 0 Å². The Morgan fingerprint density at radius 2 is 1.78 bits per heavy atom. The van der Waals surface area contributed by atoms with Crippen LogP contribution in [-0.4, -0.2) is 64.8 Å². The van der Waals surface area contributed by atoms with Gasteiger partial charge in [0.15, 0.2) is 0 Å². The molecule has 0 atom stereocenters. The van der Waals surface area contributed by atoms with E-state index in [1.54, 1.807) is 0 Å². The van der Waals surface area contributed by atoms with E-state index in [1.165, 1.54) is 31.0 Å². The van der Waals surface area contributed by atoms with Crippen LogP contribution in [0.2, 0.25) is 0 Å². The zero-order valence-corrected chi connectivity index (χ0v) is 16.9. The van der Waals surface area contributed by atoms with Crippen molar-refractivity contribution >= 4 is 23.6 Å². The maximum atomic E-state index is 12.9. The molecule has 5 nitrogen and oxygen atoms in total. The quantitative estimate of drug-likeness (QED) is 0.785. The van der Waals surface area contributed by atoms with Crippen molar-refractivity contribution in [2.24, 2.45) is 0 Å². The average molecular weight is 391 g/mol. The summed E-state index contributed by atoms with van der Waals surface area (Å²) in [5.74, 6) is 0.490. The van der Waals surface area contributed by atoms with Crippen LogP contribution in [0.25, 0.3) is 0 Å². The van der Waals surface area contributed by atoms with Crippen molar-refractivity contribution < 1.29 is 14.7 Å². The van der Waals surface area contributed by atoms with Gasteiger partial charge in [-0.2, -0.15) is 0 Å². The van der Waals surface area contributed by atoms with Gasteiger partial charge in [-0.05, 0) is 37.8 Å². The second-order valence-electron chi connectivity index (χ2n) is 7.60. The Labute approximate surface area is 166 Å². The Hall–Kier alpha value is -1.53. The summed E-state index contributed by atoms with van der Waals surface area (Å²) in [6, 6.07) is 7.90. The maximum Gasteiger partial charge on any atom is 0.254 e. The van der Waals surface area contributed by atoms with Gasteiger partial charge in [-0.3, -0.25) is 9.59 Å². The molecule has 1 aromatic carbocycles. The SMILES string of the molecule is CN(C(=O)CSc1ccccc1C(=O)N1CCC(O)CC1)C1CCCCC1. The number of hydrogen-bond acceptors (Lipinski definition) is 4. The molecule has 0 aromatic heterocycles. The van der Waals surface area contributed by atoms with Gasteiger partial charge < -0.3 is 14.9 Å². The first-order valence-electron chi connectivity index (χ1n) is 10.0. The standard InChI is InChI=1S/C21H30N2O3S/c1-22(16-7-3-2-4-8-16)20(25)15-27-19-10-6-5-9-18(19)21(26)23-13-11-17(24)12-14-23/h5-6,9-10,16-17,24H,2-4,7-8,11-15H2,1H3. The number of carbonyl (C=O) groups is 2. The molecule has 0 bridgehead atoms. The van der Waals surface area contributed by atoms with Crippen molar-refractivity contribution in [3.63, 3.8) is 0 Å². The van der Waals surface area contributed by atoms with Crippen LogP contribution in [0.3, 0.4) is 0 Å². The Morgan fingerprint density at radius 1 is 1.11 bits per heavy atom. The predicted molar refractivity (Wildman–Crippen MR) is 108 cm³/mol. The number of likely N-dealkylation sites (tertiary alicyclic amines) is 1. The summed E-state index contributed by atoms with van der Waals surface area (Å²) in [5.41, 5.74) is 0.659. The highest BCUT2D eigenvalue weighted by molar-refractivity contribution is 8.00. The smallest absolute Gasteiger partial charge is 0.254 e. The molecule has 2 amide bonds. The number of aliphatic hydroxyl groups is 1. The molecule has 148 valence electrons. The van der Waals surface area contributed by atoms with E-state index in [1.807, 2.05) is 41.1 Å². The van der Waals surface area contributed by atoms with Crippen LogP contribution in [0, 0.1) is 0 Å². The molecule has 1 N–H and O–H groups in total. The van der Waals surface area contributed by atoms with Crippen LogP contribution in [-0.2, 0) is 4.79 Å². The molecule has 6 heteroatoms. The number of rotatable bonds is 5. The van der Waals surface area contributed by atoms with Crippen LogP contribution >= 0.6 is 11.8 Å². The summed E-state index contributed by atoms with van der Waals surface area (Å²) < 4.78 is 0. The number of thioether (sulfide) groups is 1. The summed E-state index contributed by atoms with van der Waals surface area (Å²) in [6.07, 6.45) is 6.85. The summed E-state index contributed by atoms with van der Waals surface area (Å²) in [5, 5.41) is 9.65. The van der Waals surface area contributed by atoms with E-state index >= 15 is 0 Å². The number of hydrogen-bond donors (Lipinski definition) is 1. The van der Waals surface area contributed by atoms with Crippen LogP contribution in [0.1, 0.15) is 55.3 Å². The first kappa shape index (κ1) is 20.2. The fraction of sp³-hybridized carbons (Fsp3) is 0.619. The van der Waals surface area contributed by atoms with Crippen molar-refractivity contribution in [3.8, 4) is 0 Å². The van der Waals surface area contributed by atoms with Gasteiger partial charge in [-0.1, -0.05) is 31.4 Å².